The maximum absolute atomic E-state index is 11.7. The van der Waals surface area contributed by atoms with Crippen LogP contribution in [0.1, 0.15) is 33.5 Å². The van der Waals surface area contributed by atoms with Crippen molar-refractivity contribution in [1.29, 1.82) is 0 Å². The van der Waals surface area contributed by atoms with Crippen LogP contribution in [0.4, 0.5) is 5.69 Å². The van der Waals surface area contributed by atoms with Crippen molar-refractivity contribution in [2.24, 2.45) is 0 Å². The average Bonchev–Trinajstić information content (AvgIpc) is 2.87. The van der Waals surface area contributed by atoms with Crippen LogP contribution in [-0.4, -0.2) is 30.0 Å². The average molecular weight is 476 g/mol. The molecule has 0 bridgehead atoms. The van der Waals surface area contributed by atoms with Gasteiger partial charge in [0.05, 0.1) is 33.1 Å². The Morgan fingerprint density at radius 2 is 1.36 bits per heavy atom. The zero-order valence-electron chi connectivity index (χ0n) is 19.8. The number of pyridine rings is 4. The van der Waals surface area contributed by atoms with Crippen molar-refractivity contribution in [2.75, 3.05) is 0 Å². The maximum Gasteiger partial charge on any atom is 0.279 e. The lowest BCUT2D eigenvalue weighted by Crippen LogP contribution is -2.11. The highest BCUT2D eigenvalue weighted by Crippen LogP contribution is 2.41. The monoisotopic (exact) mass is 475 g/mol. The van der Waals surface area contributed by atoms with Crippen LogP contribution >= 0.6 is 0 Å². The molecule has 8 nitrogen and oxygen atoms in total. The van der Waals surface area contributed by atoms with E-state index in [0.717, 1.165) is 58.6 Å². The number of benzene rings is 1. The van der Waals surface area contributed by atoms with Gasteiger partial charge in [-0.05, 0) is 91.6 Å². The summed E-state index contributed by atoms with van der Waals surface area (Å²) in [7, 11) is 0. The third-order valence-corrected chi connectivity index (χ3v) is 7.38. The Kier molecular flexibility index (Phi) is 4.22. The number of phenolic OH excluding ortho intramolecular Hbond substituents is 1. The molecule has 0 saturated heterocycles. The summed E-state index contributed by atoms with van der Waals surface area (Å²) in [5.74, 6) is -0.0449. The Bertz CT molecular complexity index is 1810. The molecule has 0 fully saturated rings. The number of aromatic hydroxyl groups is 1. The van der Waals surface area contributed by atoms with Crippen LogP contribution in [0, 0.1) is 24.0 Å². The van der Waals surface area contributed by atoms with Crippen molar-refractivity contribution in [3.8, 4) is 28.5 Å². The lowest BCUT2D eigenvalue weighted by atomic mass is 9.89. The Morgan fingerprint density at radius 3 is 2.03 bits per heavy atom. The summed E-state index contributed by atoms with van der Waals surface area (Å²) >= 11 is 0. The number of aryl methyl sites for hydroxylation is 6. The van der Waals surface area contributed by atoms with Gasteiger partial charge in [0, 0.05) is 17.1 Å². The van der Waals surface area contributed by atoms with E-state index in [4.69, 9.17) is 19.9 Å². The van der Waals surface area contributed by atoms with Gasteiger partial charge in [-0.15, -0.1) is 0 Å². The highest BCUT2D eigenvalue weighted by Gasteiger charge is 2.27. The van der Waals surface area contributed by atoms with Crippen LogP contribution in [0.3, 0.4) is 0 Å². The number of aromatic nitrogens is 4. The molecule has 0 radical (unpaired) electrons. The molecule has 0 aliphatic heterocycles. The molecule has 2 aliphatic rings. The van der Waals surface area contributed by atoms with E-state index in [2.05, 4.69) is 18.2 Å². The number of fused-ring (bicyclic) bond motifs is 8. The molecule has 4 aromatic heterocycles. The summed E-state index contributed by atoms with van der Waals surface area (Å²) in [6.45, 7) is 3.63. The standard InChI is InChI=1S/C28H21N5O3/c1-13-9-21(33(35)36)20-12-18-8-7-17-11-19-10-16-6-5-15-4-3-14(2)29-22(15)24(16)31-28(19)32-25(17)23(18)30-26(20)27(13)34/h3-4,9-12,34H,5-8H2,1-2H3. The number of phenols is 1. The smallest absolute Gasteiger partial charge is 0.279 e. The molecule has 4 heterocycles. The number of rotatable bonds is 1. The predicted octanol–water partition coefficient (Wildman–Crippen LogP) is 5.33. The third kappa shape index (κ3) is 2.94. The molecule has 176 valence electrons. The van der Waals surface area contributed by atoms with Gasteiger partial charge in [0.1, 0.15) is 11.3 Å². The fraction of sp³-hybridized carbons (Fsp3) is 0.214. The minimum atomic E-state index is -0.425. The Balaban J connectivity index is 1.47. The molecule has 1 aromatic carbocycles. The summed E-state index contributed by atoms with van der Waals surface area (Å²) in [4.78, 5) is 30.7. The van der Waals surface area contributed by atoms with Gasteiger partial charge >= 0.3 is 0 Å². The lowest BCUT2D eigenvalue weighted by Gasteiger charge is -2.22. The fourth-order valence-electron chi connectivity index (χ4n) is 5.53. The normalized spacial score (nSPS) is 13.7. The Hall–Kier alpha value is -4.46. The van der Waals surface area contributed by atoms with Crippen molar-refractivity contribution < 1.29 is 10.0 Å². The summed E-state index contributed by atoms with van der Waals surface area (Å²) < 4.78 is 0. The molecule has 5 aromatic rings. The first-order chi connectivity index (χ1) is 17.4. The molecule has 36 heavy (non-hydrogen) atoms. The molecule has 8 heteroatoms. The summed E-state index contributed by atoms with van der Waals surface area (Å²) in [6, 6.07) is 11.7. The van der Waals surface area contributed by atoms with Crippen molar-refractivity contribution >= 4 is 27.6 Å². The largest absolute Gasteiger partial charge is 0.505 e. The quantitative estimate of drug-likeness (QED) is 0.257. The van der Waals surface area contributed by atoms with E-state index in [0.29, 0.717) is 28.7 Å². The number of nitrogens with zero attached hydrogens (tertiary/aromatic N) is 5. The second-order valence-corrected chi connectivity index (χ2v) is 9.71. The molecule has 2 aliphatic carbocycles. The third-order valence-electron chi connectivity index (χ3n) is 7.38. The first-order valence-corrected chi connectivity index (χ1v) is 12.0. The van der Waals surface area contributed by atoms with Gasteiger partial charge in [-0.2, -0.15) is 0 Å². The summed E-state index contributed by atoms with van der Waals surface area (Å²) in [5.41, 5.74) is 9.67. The topological polar surface area (TPSA) is 115 Å². The zero-order chi connectivity index (χ0) is 24.7. The van der Waals surface area contributed by atoms with E-state index in [-0.39, 0.29) is 17.0 Å². The second kappa shape index (κ2) is 7.27. The molecule has 0 unspecified atom stereocenters. The van der Waals surface area contributed by atoms with E-state index in [1.54, 1.807) is 13.0 Å². The van der Waals surface area contributed by atoms with Crippen molar-refractivity contribution in [3.63, 3.8) is 0 Å². The van der Waals surface area contributed by atoms with E-state index >= 15 is 0 Å². The molecule has 0 amide bonds. The summed E-state index contributed by atoms with van der Waals surface area (Å²) in [5, 5.41) is 23.7. The molecule has 1 N–H and O–H groups in total. The van der Waals surface area contributed by atoms with Gasteiger partial charge in [-0.1, -0.05) is 6.07 Å². The SMILES string of the molecule is Cc1ccc2c(n1)-c1nc3nc4c(cc3cc1CC2)CCc1cc2c([N+](=O)[O-])cc(C)c(O)c2nc1-4. The van der Waals surface area contributed by atoms with Gasteiger partial charge in [-0.3, -0.25) is 15.1 Å². The zero-order valence-corrected chi connectivity index (χ0v) is 19.8. The number of nitro groups is 1. The van der Waals surface area contributed by atoms with E-state index in [1.165, 1.54) is 17.2 Å². The number of non-ortho nitro benzene ring substituents is 1. The number of nitro benzene ring substituents is 1. The molecule has 0 atom stereocenters. The highest BCUT2D eigenvalue weighted by molar-refractivity contribution is 5.96. The van der Waals surface area contributed by atoms with Crippen LogP contribution < -0.4 is 0 Å². The number of hydrogen-bond acceptors (Lipinski definition) is 7. The fourth-order valence-corrected chi connectivity index (χ4v) is 5.53. The second-order valence-electron chi connectivity index (χ2n) is 9.71. The van der Waals surface area contributed by atoms with Gasteiger partial charge < -0.3 is 5.11 Å². The highest BCUT2D eigenvalue weighted by atomic mass is 16.6. The van der Waals surface area contributed by atoms with Crippen LogP contribution in [-0.2, 0) is 25.7 Å². The molecule has 0 spiro atoms. The Labute approximate surface area is 205 Å². The number of hydrogen-bond donors (Lipinski definition) is 1. The van der Waals surface area contributed by atoms with Crippen LogP contribution in [0.25, 0.3) is 44.7 Å². The predicted molar refractivity (Wildman–Crippen MR) is 136 cm³/mol. The van der Waals surface area contributed by atoms with Gasteiger partial charge in [0.15, 0.2) is 5.65 Å². The van der Waals surface area contributed by atoms with E-state index in [1.807, 2.05) is 13.0 Å². The van der Waals surface area contributed by atoms with Gasteiger partial charge in [-0.25, -0.2) is 15.0 Å². The maximum atomic E-state index is 11.7. The first kappa shape index (κ1) is 20.9. The van der Waals surface area contributed by atoms with Crippen LogP contribution in [0.15, 0.2) is 36.4 Å². The van der Waals surface area contributed by atoms with Crippen LogP contribution in [0.5, 0.6) is 5.75 Å². The molecule has 7 rings (SSSR count). The van der Waals surface area contributed by atoms with Crippen molar-refractivity contribution in [3.05, 3.63) is 80.0 Å². The Morgan fingerprint density at radius 1 is 0.778 bits per heavy atom. The van der Waals surface area contributed by atoms with Gasteiger partial charge in [0.2, 0.25) is 0 Å². The van der Waals surface area contributed by atoms with E-state index < -0.39 is 4.92 Å². The van der Waals surface area contributed by atoms with Crippen LogP contribution in [0.2, 0.25) is 0 Å². The summed E-state index contributed by atoms with van der Waals surface area (Å²) in [6.07, 6.45) is 3.31. The minimum Gasteiger partial charge on any atom is -0.505 e. The molecular weight excluding hydrogens is 454 g/mol. The van der Waals surface area contributed by atoms with Crippen molar-refractivity contribution in [1.82, 2.24) is 19.9 Å². The molecule has 0 saturated carbocycles. The lowest BCUT2D eigenvalue weighted by molar-refractivity contribution is -0.383. The molecular formula is C28H21N5O3. The van der Waals surface area contributed by atoms with Gasteiger partial charge in [0.25, 0.3) is 5.69 Å². The minimum absolute atomic E-state index is 0.0449. The first-order valence-electron chi connectivity index (χ1n) is 12.0. The van der Waals surface area contributed by atoms with Crippen molar-refractivity contribution in [2.45, 2.75) is 39.5 Å². The van der Waals surface area contributed by atoms with E-state index in [9.17, 15) is 15.2 Å².